The lowest BCUT2D eigenvalue weighted by Crippen LogP contribution is -2.31. The van der Waals surface area contributed by atoms with Gasteiger partial charge in [-0.3, -0.25) is 9.59 Å². The molecule has 0 atom stereocenters. The molecule has 152 valence electrons. The third-order valence-corrected chi connectivity index (χ3v) is 4.48. The molecule has 2 aromatic rings. The number of ether oxygens (including phenoxy) is 1. The molecular formula is C22H31N3O3. The van der Waals surface area contributed by atoms with Gasteiger partial charge in [-0.25, -0.2) is 4.68 Å². The van der Waals surface area contributed by atoms with Crippen molar-refractivity contribution in [3.8, 4) is 5.75 Å². The lowest BCUT2D eigenvalue weighted by atomic mass is 10.1. The molecule has 1 aromatic heterocycles. The van der Waals surface area contributed by atoms with Crippen molar-refractivity contribution in [3.63, 3.8) is 0 Å². The summed E-state index contributed by atoms with van der Waals surface area (Å²) < 4.78 is 6.86. The van der Waals surface area contributed by atoms with Crippen molar-refractivity contribution in [2.75, 3.05) is 13.2 Å². The highest BCUT2D eigenvalue weighted by atomic mass is 16.5. The molecule has 0 aliphatic rings. The first-order valence-corrected chi connectivity index (χ1v) is 10.2. The first kappa shape index (κ1) is 21.7. The molecule has 6 heteroatoms. The van der Waals surface area contributed by atoms with Crippen LogP contribution in [0.15, 0.2) is 47.3 Å². The Hall–Kier alpha value is -2.63. The van der Waals surface area contributed by atoms with E-state index in [-0.39, 0.29) is 23.7 Å². The summed E-state index contributed by atoms with van der Waals surface area (Å²) >= 11 is 0. The van der Waals surface area contributed by atoms with E-state index in [0.717, 1.165) is 18.6 Å². The van der Waals surface area contributed by atoms with Crippen LogP contribution in [0.5, 0.6) is 5.75 Å². The van der Waals surface area contributed by atoms with Crippen molar-refractivity contribution in [2.45, 2.75) is 58.4 Å². The van der Waals surface area contributed by atoms with Crippen LogP contribution in [-0.2, 0) is 6.54 Å². The summed E-state index contributed by atoms with van der Waals surface area (Å²) in [7, 11) is 0. The summed E-state index contributed by atoms with van der Waals surface area (Å²) in [4.78, 5) is 24.2. The van der Waals surface area contributed by atoms with Crippen LogP contribution < -0.4 is 15.6 Å². The lowest BCUT2D eigenvalue weighted by Gasteiger charge is -2.09. The van der Waals surface area contributed by atoms with E-state index >= 15 is 0 Å². The lowest BCUT2D eigenvalue weighted by molar-refractivity contribution is 0.0945. The third-order valence-electron chi connectivity index (χ3n) is 4.48. The smallest absolute Gasteiger partial charge is 0.271 e. The van der Waals surface area contributed by atoms with E-state index in [1.807, 2.05) is 30.3 Å². The summed E-state index contributed by atoms with van der Waals surface area (Å²) in [5, 5.41) is 7.05. The molecule has 1 aromatic carbocycles. The van der Waals surface area contributed by atoms with Crippen LogP contribution in [0.1, 0.15) is 62.4 Å². The van der Waals surface area contributed by atoms with E-state index in [0.29, 0.717) is 13.2 Å². The van der Waals surface area contributed by atoms with E-state index in [4.69, 9.17) is 4.74 Å². The van der Waals surface area contributed by atoms with Crippen molar-refractivity contribution in [2.24, 2.45) is 0 Å². The SMILES string of the molecule is CCCCCCCCCNC(=O)c1ccc(=O)n(CCOc2ccccc2)n1. The maximum atomic E-state index is 12.3. The number of hydrogen-bond donors (Lipinski definition) is 1. The van der Waals surface area contributed by atoms with Gasteiger partial charge in [0.05, 0.1) is 6.54 Å². The van der Waals surface area contributed by atoms with Crippen LogP contribution in [0.3, 0.4) is 0 Å². The van der Waals surface area contributed by atoms with Crippen molar-refractivity contribution in [1.29, 1.82) is 0 Å². The molecule has 0 aliphatic carbocycles. The zero-order valence-corrected chi connectivity index (χ0v) is 16.7. The molecule has 6 nitrogen and oxygen atoms in total. The van der Waals surface area contributed by atoms with Crippen molar-refractivity contribution < 1.29 is 9.53 Å². The average molecular weight is 386 g/mol. The van der Waals surface area contributed by atoms with Crippen LogP contribution >= 0.6 is 0 Å². The minimum atomic E-state index is -0.250. The van der Waals surface area contributed by atoms with Crippen molar-refractivity contribution in [3.05, 3.63) is 58.5 Å². The Morgan fingerprint density at radius 2 is 1.71 bits per heavy atom. The predicted octanol–water partition coefficient (Wildman–Crippen LogP) is 3.80. The number of amides is 1. The number of aromatic nitrogens is 2. The molecule has 1 N–H and O–H groups in total. The standard InChI is InChI=1S/C22H31N3O3/c1-2-3-4-5-6-7-11-16-23-22(27)20-14-15-21(26)25(24-20)17-18-28-19-12-9-8-10-13-19/h8-10,12-15H,2-7,11,16-18H2,1H3,(H,23,27). The second-order valence-corrected chi connectivity index (χ2v) is 6.82. The molecular weight excluding hydrogens is 354 g/mol. The molecule has 0 saturated carbocycles. The Morgan fingerprint density at radius 1 is 1.00 bits per heavy atom. The Balaban J connectivity index is 1.73. The van der Waals surface area contributed by atoms with E-state index < -0.39 is 0 Å². The van der Waals surface area contributed by atoms with E-state index in [1.165, 1.54) is 48.9 Å². The zero-order chi connectivity index (χ0) is 20.0. The number of nitrogens with zero attached hydrogens (tertiary/aromatic N) is 2. The average Bonchev–Trinajstić information content (AvgIpc) is 2.72. The van der Waals surface area contributed by atoms with Gasteiger partial charge in [0.25, 0.3) is 11.5 Å². The normalized spacial score (nSPS) is 10.6. The zero-order valence-electron chi connectivity index (χ0n) is 16.7. The Kier molecular flexibility index (Phi) is 9.83. The summed E-state index contributed by atoms with van der Waals surface area (Å²) in [6.45, 7) is 3.43. The quantitative estimate of drug-likeness (QED) is 0.532. The highest BCUT2D eigenvalue weighted by Crippen LogP contribution is 2.08. The van der Waals surface area contributed by atoms with Crippen LogP contribution in [0.25, 0.3) is 0 Å². The number of carbonyl (C=O) groups is 1. The largest absolute Gasteiger partial charge is 0.492 e. The molecule has 0 bridgehead atoms. The van der Waals surface area contributed by atoms with Gasteiger partial charge in [-0.15, -0.1) is 0 Å². The molecule has 1 heterocycles. The number of nitrogens with one attached hydrogen (secondary N) is 1. The van der Waals surface area contributed by atoms with Crippen LogP contribution in [0.4, 0.5) is 0 Å². The summed E-state index contributed by atoms with van der Waals surface area (Å²) in [5.41, 5.74) is 0.00236. The van der Waals surface area contributed by atoms with Crippen LogP contribution in [-0.4, -0.2) is 28.8 Å². The van der Waals surface area contributed by atoms with Crippen molar-refractivity contribution >= 4 is 5.91 Å². The van der Waals surface area contributed by atoms with Gasteiger partial charge < -0.3 is 10.1 Å². The third kappa shape index (κ3) is 7.94. The first-order chi connectivity index (χ1) is 13.7. The maximum absolute atomic E-state index is 12.3. The van der Waals surface area contributed by atoms with E-state index in [9.17, 15) is 9.59 Å². The number of unbranched alkanes of at least 4 members (excludes halogenated alkanes) is 6. The summed E-state index contributed by atoms with van der Waals surface area (Å²) in [6.07, 6.45) is 8.40. The number of carbonyl (C=O) groups excluding carboxylic acids is 1. The van der Waals surface area contributed by atoms with Gasteiger partial charge in [-0.1, -0.05) is 63.6 Å². The first-order valence-electron chi connectivity index (χ1n) is 10.2. The van der Waals surface area contributed by atoms with Gasteiger partial charge in [-0.05, 0) is 24.6 Å². The van der Waals surface area contributed by atoms with Gasteiger partial charge >= 0.3 is 0 Å². The topological polar surface area (TPSA) is 73.2 Å². The predicted molar refractivity (Wildman–Crippen MR) is 111 cm³/mol. The van der Waals surface area contributed by atoms with E-state index in [2.05, 4.69) is 17.3 Å². The monoisotopic (exact) mass is 385 g/mol. The molecule has 0 saturated heterocycles. The second kappa shape index (κ2) is 12.7. The highest BCUT2D eigenvalue weighted by molar-refractivity contribution is 5.91. The molecule has 2 rings (SSSR count). The maximum Gasteiger partial charge on any atom is 0.271 e. The number of hydrogen-bond acceptors (Lipinski definition) is 4. The fourth-order valence-corrected chi connectivity index (χ4v) is 2.87. The van der Waals surface area contributed by atoms with Gasteiger partial charge in [0.1, 0.15) is 18.1 Å². The Morgan fingerprint density at radius 3 is 2.46 bits per heavy atom. The highest BCUT2D eigenvalue weighted by Gasteiger charge is 2.09. The summed E-state index contributed by atoms with van der Waals surface area (Å²) in [5.74, 6) is 0.489. The number of para-hydroxylation sites is 1. The van der Waals surface area contributed by atoms with Crippen LogP contribution in [0, 0.1) is 0 Å². The molecule has 0 unspecified atom stereocenters. The molecule has 0 fully saturated rings. The molecule has 0 aliphatic heterocycles. The minimum Gasteiger partial charge on any atom is -0.492 e. The molecule has 0 radical (unpaired) electrons. The van der Waals surface area contributed by atoms with E-state index in [1.54, 1.807) is 0 Å². The minimum absolute atomic E-state index is 0.247. The Labute approximate surface area is 166 Å². The van der Waals surface area contributed by atoms with Gasteiger partial charge in [0.2, 0.25) is 0 Å². The molecule has 1 amide bonds. The number of rotatable bonds is 13. The van der Waals surface area contributed by atoms with Gasteiger partial charge in [0, 0.05) is 12.6 Å². The van der Waals surface area contributed by atoms with Crippen molar-refractivity contribution in [1.82, 2.24) is 15.1 Å². The van der Waals surface area contributed by atoms with Gasteiger partial charge in [-0.2, -0.15) is 5.10 Å². The fraction of sp³-hybridized carbons (Fsp3) is 0.500. The van der Waals surface area contributed by atoms with Crippen LogP contribution in [0.2, 0.25) is 0 Å². The molecule has 0 spiro atoms. The van der Waals surface area contributed by atoms with Gasteiger partial charge in [0.15, 0.2) is 0 Å². The summed E-state index contributed by atoms with van der Waals surface area (Å²) in [6, 6.07) is 12.2. The number of benzene rings is 1. The molecule has 28 heavy (non-hydrogen) atoms. The fourth-order valence-electron chi connectivity index (χ4n) is 2.87. The Bertz CT molecular complexity index is 759. The second-order valence-electron chi connectivity index (χ2n) is 6.82.